The summed E-state index contributed by atoms with van der Waals surface area (Å²) < 4.78 is 37.0. The van der Waals surface area contributed by atoms with E-state index in [0.717, 1.165) is 0 Å². The van der Waals surface area contributed by atoms with Crippen molar-refractivity contribution in [1.29, 1.82) is 0 Å². The molecule has 0 radical (unpaired) electrons. The molecule has 0 amide bonds. The maximum Gasteiger partial charge on any atom is 0.311 e. The molecule has 0 saturated carbocycles. The number of carbonyl (C=O) groups excluding carboxylic acids is 2. The number of aliphatic hydroxyl groups excluding tert-OH is 3. The van der Waals surface area contributed by atoms with Crippen LogP contribution in [-0.4, -0.2) is 148 Å². The third kappa shape index (κ3) is 10.5. The van der Waals surface area contributed by atoms with Crippen molar-refractivity contribution in [2.45, 2.75) is 180 Å². The number of esters is 1. The predicted molar refractivity (Wildman–Crippen MR) is 193 cm³/mol. The summed E-state index contributed by atoms with van der Waals surface area (Å²) in [5.41, 5.74) is -4.87. The summed E-state index contributed by atoms with van der Waals surface area (Å²) in [6, 6.07) is -0.381. The normalized spacial score (nSPS) is 43.4. The second kappa shape index (κ2) is 19.0. The molecule has 0 aromatic heterocycles. The van der Waals surface area contributed by atoms with Crippen LogP contribution in [0.15, 0.2) is 0 Å². The Hall–Kier alpha value is -1.30. The first-order valence-corrected chi connectivity index (χ1v) is 19.0. The van der Waals surface area contributed by atoms with Crippen molar-refractivity contribution in [3.8, 4) is 0 Å². The minimum atomic E-state index is -2.00. The van der Waals surface area contributed by atoms with E-state index in [1.807, 2.05) is 25.9 Å². The topological polar surface area (TPSA) is 194 Å². The van der Waals surface area contributed by atoms with E-state index in [1.54, 1.807) is 48.5 Å². The van der Waals surface area contributed by atoms with Gasteiger partial charge in [0.15, 0.2) is 12.6 Å². The molecule has 5 unspecified atom stereocenters. The molecule has 5 N–H and O–H groups in total. The predicted octanol–water partition coefficient (Wildman–Crippen LogP) is 2.42. The number of likely N-dealkylation sites (N-methyl/N-ethyl adjacent to an activating group) is 1. The van der Waals surface area contributed by atoms with Crippen LogP contribution < -0.4 is 0 Å². The summed E-state index contributed by atoms with van der Waals surface area (Å²) >= 11 is 0. The van der Waals surface area contributed by atoms with Crippen molar-refractivity contribution < 1.29 is 63.5 Å². The fraction of sp³-hybridized carbons (Fsp3) is 0.947. The molecule has 2 rings (SSSR count). The summed E-state index contributed by atoms with van der Waals surface area (Å²) in [4.78, 5) is 29.8. The third-order valence-electron chi connectivity index (χ3n) is 11.6. The lowest BCUT2D eigenvalue weighted by atomic mass is 9.74. The van der Waals surface area contributed by atoms with Crippen LogP contribution in [-0.2, 0) is 38.0 Å². The van der Waals surface area contributed by atoms with Crippen LogP contribution in [0.2, 0.25) is 0 Å². The monoisotopic (exact) mass is 749 g/mol. The second-order valence-corrected chi connectivity index (χ2v) is 16.2. The van der Waals surface area contributed by atoms with Gasteiger partial charge in [0.1, 0.15) is 29.7 Å². The van der Waals surface area contributed by atoms with Gasteiger partial charge < -0.3 is 58.9 Å². The zero-order chi connectivity index (χ0) is 40.1. The average molecular weight is 750 g/mol. The second-order valence-electron chi connectivity index (χ2n) is 16.2. The molecule has 306 valence electrons. The van der Waals surface area contributed by atoms with Gasteiger partial charge in [0.2, 0.25) is 0 Å². The maximum absolute atomic E-state index is 14.1. The number of nitrogens with zero attached hydrogens (tertiary/aromatic N) is 1. The molecule has 0 aromatic rings. The standard InChI is InChI=1S/C38H71NO13/c1-15-25(39(12)13)29(41)35(48-17-3)52-33-22(6)30(51-27-19-37(10,47-14)32(43)24(8)49-27)23(7)34(44)50-26(16-2)38(11,46)31(42)21(5)28(40)20(4)18-36(33,9)45/h20-27,29-33,35,41-43,45-46H,15-19H2,1-14H3/t20?,21-,22?,23+,24+,25?,26+,27-,29?,30-,31+,32-,33+,35-,36+,37?,38+/m0/s1. The van der Waals surface area contributed by atoms with Gasteiger partial charge >= 0.3 is 5.97 Å². The van der Waals surface area contributed by atoms with Crippen molar-refractivity contribution in [3.05, 3.63) is 0 Å². The number of hydrogen-bond acceptors (Lipinski definition) is 14. The lowest BCUT2D eigenvalue weighted by Gasteiger charge is -2.48. The number of carbonyl (C=O) groups is 2. The molecule has 52 heavy (non-hydrogen) atoms. The number of Topliss-reactive ketones (excluding diaryl/α,β-unsaturated/α-hetero) is 1. The van der Waals surface area contributed by atoms with Crippen LogP contribution in [0.1, 0.15) is 102 Å². The van der Waals surface area contributed by atoms with Gasteiger partial charge in [0, 0.05) is 43.9 Å². The van der Waals surface area contributed by atoms with Crippen molar-refractivity contribution in [3.63, 3.8) is 0 Å². The van der Waals surface area contributed by atoms with Crippen LogP contribution in [0.5, 0.6) is 0 Å². The molecule has 2 fully saturated rings. The SMILES string of the molecule is CCO[C@@H](O[C@@H]1C(C)[C@H](O[C@H]2CC(C)(OC)[C@@H](O)[C@@H](C)O2)[C@@H](C)C(=O)O[C@H](CC)[C@@](C)(O)[C@H](O)[C@@H](C)C(=O)C(C)C[C@@]1(C)O)C(O)C(CC)N(C)C. The first-order chi connectivity index (χ1) is 23.9. The van der Waals surface area contributed by atoms with Crippen LogP contribution in [0.3, 0.4) is 0 Å². The molecule has 2 heterocycles. The van der Waals surface area contributed by atoms with Gasteiger partial charge in [0.05, 0.1) is 41.5 Å². The van der Waals surface area contributed by atoms with Crippen molar-refractivity contribution in [2.75, 3.05) is 27.8 Å². The van der Waals surface area contributed by atoms with Gasteiger partial charge in [-0.15, -0.1) is 0 Å². The fourth-order valence-corrected chi connectivity index (χ4v) is 8.23. The number of ether oxygens (including phenoxy) is 6. The van der Waals surface area contributed by atoms with E-state index in [2.05, 4.69) is 0 Å². The molecule has 0 aliphatic carbocycles. The van der Waals surface area contributed by atoms with Crippen molar-refractivity contribution >= 4 is 11.8 Å². The van der Waals surface area contributed by atoms with E-state index in [1.165, 1.54) is 27.9 Å². The number of cyclic esters (lactones) is 1. The Kier molecular flexibility index (Phi) is 17.1. The molecule has 17 atom stereocenters. The third-order valence-corrected chi connectivity index (χ3v) is 11.6. The van der Waals surface area contributed by atoms with Gasteiger partial charge in [-0.3, -0.25) is 9.59 Å². The van der Waals surface area contributed by atoms with Crippen LogP contribution in [0.25, 0.3) is 0 Å². The number of hydrogen-bond donors (Lipinski definition) is 5. The Balaban J connectivity index is 2.82. The summed E-state index contributed by atoms with van der Waals surface area (Å²) in [6.45, 7) is 18.3. The molecule has 0 aromatic carbocycles. The highest BCUT2D eigenvalue weighted by Gasteiger charge is 2.53. The van der Waals surface area contributed by atoms with Gasteiger partial charge in [-0.25, -0.2) is 0 Å². The van der Waals surface area contributed by atoms with Gasteiger partial charge in [0.25, 0.3) is 0 Å². The fourth-order valence-electron chi connectivity index (χ4n) is 8.23. The highest BCUT2D eigenvalue weighted by Crippen LogP contribution is 2.40. The average Bonchev–Trinajstić information content (AvgIpc) is 3.07. The first-order valence-electron chi connectivity index (χ1n) is 19.0. The molecule has 2 aliphatic heterocycles. The van der Waals surface area contributed by atoms with Crippen LogP contribution in [0.4, 0.5) is 0 Å². The number of aliphatic hydroxyl groups is 5. The number of rotatable bonds is 12. The molecular weight excluding hydrogens is 678 g/mol. The van der Waals surface area contributed by atoms with Crippen LogP contribution in [0, 0.1) is 23.7 Å². The summed E-state index contributed by atoms with van der Waals surface area (Å²) in [7, 11) is 5.14. The molecule has 14 nitrogen and oxygen atoms in total. The lowest BCUT2D eigenvalue weighted by Crippen LogP contribution is -2.60. The van der Waals surface area contributed by atoms with Crippen LogP contribution >= 0.6 is 0 Å². The minimum absolute atomic E-state index is 0.0884. The summed E-state index contributed by atoms with van der Waals surface area (Å²) in [6.07, 6.45) is -9.56. The maximum atomic E-state index is 14.1. The highest BCUT2D eigenvalue weighted by molar-refractivity contribution is 5.83. The zero-order valence-corrected chi connectivity index (χ0v) is 34.1. The number of methoxy groups -OCH3 is 1. The van der Waals surface area contributed by atoms with E-state index >= 15 is 0 Å². The smallest absolute Gasteiger partial charge is 0.311 e. The van der Waals surface area contributed by atoms with Crippen molar-refractivity contribution in [2.24, 2.45) is 23.7 Å². The summed E-state index contributed by atoms with van der Waals surface area (Å²) in [5.74, 6) is -5.03. The zero-order valence-electron chi connectivity index (χ0n) is 34.1. The Labute approximate surface area is 311 Å². The number of ketones is 1. The molecule has 2 aliphatic rings. The van der Waals surface area contributed by atoms with E-state index in [-0.39, 0.29) is 31.9 Å². The molecule has 0 spiro atoms. The summed E-state index contributed by atoms with van der Waals surface area (Å²) in [5, 5.41) is 57.9. The lowest BCUT2D eigenvalue weighted by molar-refractivity contribution is -0.309. The van der Waals surface area contributed by atoms with E-state index < -0.39 is 108 Å². The van der Waals surface area contributed by atoms with Gasteiger partial charge in [-0.05, 0) is 74.9 Å². The van der Waals surface area contributed by atoms with E-state index in [4.69, 9.17) is 28.4 Å². The quantitative estimate of drug-likeness (QED) is 0.144. The Morgan fingerprint density at radius 2 is 1.54 bits per heavy atom. The molecule has 14 heteroatoms. The Bertz CT molecular complexity index is 1140. The van der Waals surface area contributed by atoms with E-state index in [9.17, 15) is 35.1 Å². The highest BCUT2D eigenvalue weighted by atomic mass is 16.7. The largest absolute Gasteiger partial charge is 0.459 e. The Morgan fingerprint density at radius 3 is 2.04 bits per heavy atom. The van der Waals surface area contributed by atoms with Crippen molar-refractivity contribution in [1.82, 2.24) is 4.90 Å². The van der Waals surface area contributed by atoms with E-state index in [0.29, 0.717) is 6.42 Å². The molecule has 0 bridgehead atoms. The first kappa shape index (κ1) is 46.9. The van der Waals surface area contributed by atoms with Gasteiger partial charge in [-0.2, -0.15) is 0 Å². The molecular formula is C38H71NO13. The molecule has 2 saturated heterocycles. The minimum Gasteiger partial charge on any atom is -0.459 e. The Morgan fingerprint density at radius 1 is 0.942 bits per heavy atom. The van der Waals surface area contributed by atoms with Gasteiger partial charge in [-0.1, -0.05) is 34.6 Å².